The number of hydrogen-bond donors (Lipinski definition) is 0. The normalized spacial score (nSPS) is 12.2. The number of hydrogen-bond acceptors (Lipinski definition) is 3. The van der Waals surface area contributed by atoms with E-state index in [-0.39, 0.29) is 17.0 Å². The first-order valence-electron chi connectivity index (χ1n) is 9.13. The van der Waals surface area contributed by atoms with E-state index in [4.69, 9.17) is 11.6 Å². The van der Waals surface area contributed by atoms with E-state index in [1.807, 2.05) is 20.8 Å². The molecule has 0 aliphatic heterocycles. The standard InChI is InChI=1S/C21H21ClFN3O2/c1-4-25(20(27)14-7-6-8-16(23)11-14)13(3)19-24-18-10-9-15(22)12-17(18)21(28)26(19)5-2/h6-13H,4-5H2,1-3H3. The number of halogens is 2. The number of benzene rings is 2. The van der Waals surface area contributed by atoms with E-state index in [0.29, 0.717) is 34.8 Å². The number of carbonyl (C=O) groups excluding carboxylic acids is 1. The maximum absolute atomic E-state index is 13.6. The molecular formula is C21H21ClFN3O2. The number of rotatable bonds is 5. The van der Waals surface area contributed by atoms with E-state index in [9.17, 15) is 14.0 Å². The summed E-state index contributed by atoms with van der Waals surface area (Å²) in [6.45, 7) is 6.29. The highest BCUT2D eigenvalue weighted by Crippen LogP contribution is 2.23. The van der Waals surface area contributed by atoms with Gasteiger partial charge in [0.05, 0.1) is 16.9 Å². The largest absolute Gasteiger partial charge is 0.329 e. The maximum Gasteiger partial charge on any atom is 0.261 e. The van der Waals surface area contributed by atoms with Gasteiger partial charge in [-0.2, -0.15) is 0 Å². The minimum Gasteiger partial charge on any atom is -0.329 e. The van der Waals surface area contributed by atoms with Crippen molar-refractivity contribution in [1.29, 1.82) is 0 Å². The molecule has 0 bridgehead atoms. The van der Waals surface area contributed by atoms with Crippen molar-refractivity contribution < 1.29 is 9.18 Å². The van der Waals surface area contributed by atoms with Gasteiger partial charge in [-0.3, -0.25) is 14.2 Å². The SMILES string of the molecule is CCN(C(=O)c1cccc(F)c1)C(C)c1nc2ccc(Cl)cc2c(=O)n1CC. The summed E-state index contributed by atoms with van der Waals surface area (Å²) in [5, 5.41) is 0.899. The van der Waals surface area contributed by atoms with Gasteiger partial charge in [-0.15, -0.1) is 0 Å². The Balaban J connectivity index is 2.10. The van der Waals surface area contributed by atoms with Crippen LogP contribution in [-0.4, -0.2) is 26.9 Å². The molecule has 1 unspecified atom stereocenters. The van der Waals surface area contributed by atoms with Gasteiger partial charge >= 0.3 is 0 Å². The minimum atomic E-state index is -0.478. The summed E-state index contributed by atoms with van der Waals surface area (Å²) in [4.78, 5) is 32.1. The second-order valence-electron chi connectivity index (χ2n) is 6.46. The maximum atomic E-state index is 13.6. The lowest BCUT2D eigenvalue weighted by atomic mass is 10.1. The minimum absolute atomic E-state index is 0.203. The third-order valence-electron chi connectivity index (χ3n) is 4.78. The summed E-state index contributed by atoms with van der Waals surface area (Å²) in [5.41, 5.74) is 0.577. The number of carbonyl (C=O) groups is 1. The van der Waals surface area contributed by atoms with Crippen LogP contribution in [0.3, 0.4) is 0 Å². The quantitative estimate of drug-likeness (QED) is 0.635. The molecule has 0 spiro atoms. The van der Waals surface area contributed by atoms with E-state index in [0.717, 1.165) is 0 Å². The van der Waals surface area contributed by atoms with Gasteiger partial charge in [-0.25, -0.2) is 9.37 Å². The lowest BCUT2D eigenvalue weighted by Gasteiger charge is -2.29. The number of fused-ring (bicyclic) bond motifs is 1. The average Bonchev–Trinajstić information content (AvgIpc) is 2.68. The predicted molar refractivity (Wildman–Crippen MR) is 108 cm³/mol. The summed E-state index contributed by atoms with van der Waals surface area (Å²) >= 11 is 6.02. The molecule has 1 amide bonds. The fourth-order valence-corrected chi connectivity index (χ4v) is 3.53. The molecule has 5 nitrogen and oxygen atoms in total. The molecule has 0 aliphatic carbocycles. The molecule has 1 aromatic heterocycles. The Morgan fingerprint density at radius 2 is 2.00 bits per heavy atom. The van der Waals surface area contributed by atoms with Crippen molar-refractivity contribution in [2.45, 2.75) is 33.4 Å². The first kappa shape index (κ1) is 20.0. The van der Waals surface area contributed by atoms with Crippen molar-refractivity contribution in [1.82, 2.24) is 14.5 Å². The molecule has 28 heavy (non-hydrogen) atoms. The van der Waals surface area contributed by atoms with Crippen LogP contribution in [0.5, 0.6) is 0 Å². The first-order chi connectivity index (χ1) is 13.4. The summed E-state index contributed by atoms with van der Waals surface area (Å²) in [6.07, 6.45) is 0. The molecule has 3 rings (SSSR count). The zero-order valence-electron chi connectivity index (χ0n) is 15.9. The summed E-state index contributed by atoms with van der Waals surface area (Å²) < 4.78 is 15.1. The zero-order valence-corrected chi connectivity index (χ0v) is 16.7. The van der Waals surface area contributed by atoms with Gasteiger partial charge in [0.2, 0.25) is 0 Å². The van der Waals surface area contributed by atoms with Gasteiger partial charge in [-0.1, -0.05) is 17.7 Å². The second kappa shape index (κ2) is 8.10. The van der Waals surface area contributed by atoms with E-state index in [1.165, 1.54) is 18.2 Å². The van der Waals surface area contributed by atoms with Crippen molar-refractivity contribution in [3.8, 4) is 0 Å². The van der Waals surface area contributed by atoms with Crippen LogP contribution >= 0.6 is 11.6 Å². The van der Waals surface area contributed by atoms with Crippen LogP contribution in [-0.2, 0) is 6.54 Å². The Hall–Kier alpha value is -2.73. The molecule has 0 saturated carbocycles. The van der Waals surface area contributed by atoms with E-state index < -0.39 is 11.9 Å². The zero-order chi connectivity index (χ0) is 20.4. The van der Waals surface area contributed by atoms with Crippen molar-refractivity contribution in [2.24, 2.45) is 0 Å². The predicted octanol–water partition coefficient (Wildman–Crippen LogP) is 4.43. The molecule has 0 radical (unpaired) electrons. The third kappa shape index (κ3) is 3.64. The van der Waals surface area contributed by atoms with Crippen molar-refractivity contribution >= 4 is 28.4 Å². The smallest absolute Gasteiger partial charge is 0.261 e. The molecule has 7 heteroatoms. The molecule has 0 saturated heterocycles. The molecule has 1 heterocycles. The number of amides is 1. The van der Waals surface area contributed by atoms with E-state index in [2.05, 4.69) is 4.98 Å². The monoisotopic (exact) mass is 401 g/mol. The van der Waals surface area contributed by atoms with Crippen molar-refractivity contribution in [3.63, 3.8) is 0 Å². The van der Waals surface area contributed by atoms with Gasteiger partial charge in [0, 0.05) is 23.7 Å². The van der Waals surface area contributed by atoms with Crippen LogP contribution in [0.2, 0.25) is 5.02 Å². The summed E-state index contributed by atoms with van der Waals surface area (Å²) in [6, 6.07) is 10.1. The Morgan fingerprint density at radius 1 is 1.25 bits per heavy atom. The van der Waals surface area contributed by atoms with Crippen LogP contribution in [0, 0.1) is 5.82 Å². The molecular weight excluding hydrogens is 381 g/mol. The lowest BCUT2D eigenvalue weighted by Crippen LogP contribution is -2.37. The lowest BCUT2D eigenvalue weighted by molar-refractivity contribution is 0.0690. The van der Waals surface area contributed by atoms with Crippen LogP contribution in [0.15, 0.2) is 47.3 Å². The fourth-order valence-electron chi connectivity index (χ4n) is 3.35. The summed E-state index contributed by atoms with van der Waals surface area (Å²) in [5.74, 6) is -0.308. The van der Waals surface area contributed by atoms with Crippen molar-refractivity contribution in [3.05, 3.63) is 75.0 Å². The van der Waals surface area contributed by atoms with Crippen LogP contribution in [0.4, 0.5) is 4.39 Å². The number of aromatic nitrogens is 2. The first-order valence-corrected chi connectivity index (χ1v) is 9.51. The average molecular weight is 402 g/mol. The van der Waals surface area contributed by atoms with Gasteiger partial charge in [-0.05, 0) is 57.2 Å². The molecule has 3 aromatic rings. The molecule has 0 N–H and O–H groups in total. The molecule has 0 fully saturated rings. The van der Waals surface area contributed by atoms with Gasteiger partial charge in [0.15, 0.2) is 0 Å². The second-order valence-corrected chi connectivity index (χ2v) is 6.89. The van der Waals surface area contributed by atoms with Gasteiger partial charge in [0.1, 0.15) is 11.6 Å². The molecule has 146 valence electrons. The van der Waals surface area contributed by atoms with Gasteiger partial charge < -0.3 is 4.90 Å². The van der Waals surface area contributed by atoms with Gasteiger partial charge in [0.25, 0.3) is 11.5 Å². The fraction of sp³-hybridized carbons (Fsp3) is 0.286. The third-order valence-corrected chi connectivity index (χ3v) is 5.01. The topological polar surface area (TPSA) is 55.2 Å². The number of nitrogens with zero attached hydrogens (tertiary/aromatic N) is 3. The highest BCUT2D eigenvalue weighted by molar-refractivity contribution is 6.31. The van der Waals surface area contributed by atoms with Crippen molar-refractivity contribution in [2.75, 3.05) is 6.54 Å². The Morgan fingerprint density at radius 3 is 2.64 bits per heavy atom. The summed E-state index contributed by atoms with van der Waals surface area (Å²) in [7, 11) is 0. The Bertz CT molecular complexity index is 1100. The van der Waals surface area contributed by atoms with E-state index >= 15 is 0 Å². The highest BCUT2D eigenvalue weighted by atomic mass is 35.5. The Kier molecular flexibility index (Phi) is 5.79. The molecule has 2 aromatic carbocycles. The highest BCUT2D eigenvalue weighted by Gasteiger charge is 2.26. The van der Waals surface area contributed by atoms with Crippen LogP contribution in [0.25, 0.3) is 10.9 Å². The Labute approximate surface area is 167 Å². The van der Waals surface area contributed by atoms with Crippen LogP contribution < -0.4 is 5.56 Å². The molecule has 0 aliphatic rings. The van der Waals surface area contributed by atoms with E-state index in [1.54, 1.807) is 33.7 Å². The molecule has 1 atom stereocenters. The van der Waals surface area contributed by atoms with Crippen LogP contribution in [0.1, 0.15) is 43.0 Å².